The number of benzene rings is 2. The van der Waals surface area contributed by atoms with Crippen molar-refractivity contribution in [2.45, 2.75) is 32.4 Å². The Kier molecular flexibility index (Phi) is 6.46. The predicted molar refractivity (Wildman–Crippen MR) is 108 cm³/mol. The maximum absolute atomic E-state index is 13.6. The molecule has 0 fully saturated rings. The molecule has 0 aliphatic carbocycles. The summed E-state index contributed by atoms with van der Waals surface area (Å²) >= 11 is 0. The summed E-state index contributed by atoms with van der Waals surface area (Å²) in [5, 5.41) is 0. The minimum atomic E-state index is -1.03. The van der Waals surface area contributed by atoms with Gasteiger partial charge in [-0.15, -0.1) is 0 Å². The van der Waals surface area contributed by atoms with Crippen LogP contribution in [0.4, 0.5) is 4.39 Å². The third kappa shape index (κ3) is 4.83. The number of rotatable bonds is 5. The number of halogens is 1. The van der Waals surface area contributed by atoms with Gasteiger partial charge >= 0.3 is 0 Å². The number of hydrogen-bond donors (Lipinski definition) is 2. The van der Waals surface area contributed by atoms with Gasteiger partial charge < -0.3 is 9.64 Å². The molecule has 1 aliphatic rings. The maximum Gasteiger partial charge on any atom is 0.279 e. The zero-order valence-corrected chi connectivity index (χ0v) is 16.6. The van der Waals surface area contributed by atoms with Crippen LogP contribution in [0.2, 0.25) is 0 Å². The molecule has 0 bridgehead atoms. The lowest BCUT2D eigenvalue weighted by Crippen LogP contribution is -2.48. The van der Waals surface area contributed by atoms with E-state index in [4.69, 9.17) is 4.74 Å². The molecule has 7 nitrogen and oxygen atoms in total. The summed E-state index contributed by atoms with van der Waals surface area (Å²) in [4.78, 5) is 38.1. The number of amides is 3. The molecule has 2 N–H and O–H groups in total. The van der Waals surface area contributed by atoms with Crippen molar-refractivity contribution >= 4 is 23.8 Å². The van der Waals surface area contributed by atoms with Gasteiger partial charge in [0.25, 0.3) is 5.91 Å². The summed E-state index contributed by atoms with van der Waals surface area (Å²) in [6.45, 7) is 2.86. The van der Waals surface area contributed by atoms with Crippen LogP contribution in [0.1, 0.15) is 37.4 Å². The van der Waals surface area contributed by atoms with Crippen LogP contribution in [0.25, 0.3) is 6.08 Å². The largest absolute Gasteiger partial charge is 0.478 e. The molecule has 8 heteroatoms. The monoisotopic (exact) mass is 411 g/mol. The third-order valence-electron chi connectivity index (χ3n) is 4.68. The van der Waals surface area contributed by atoms with E-state index in [1.54, 1.807) is 12.3 Å². The number of fused-ring (bicyclic) bond motifs is 1. The third-order valence-corrected chi connectivity index (χ3v) is 4.68. The van der Waals surface area contributed by atoms with Crippen molar-refractivity contribution in [3.63, 3.8) is 0 Å². The van der Waals surface area contributed by atoms with Gasteiger partial charge in [-0.05, 0) is 36.3 Å². The quantitative estimate of drug-likeness (QED) is 0.741. The van der Waals surface area contributed by atoms with E-state index >= 15 is 0 Å². The second kappa shape index (κ2) is 9.21. The lowest BCUT2D eigenvalue weighted by atomic mass is 9.93. The topological polar surface area (TPSA) is 87.7 Å². The van der Waals surface area contributed by atoms with Crippen molar-refractivity contribution in [3.05, 3.63) is 71.7 Å². The molecule has 0 saturated heterocycles. The summed E-state index contributed by atoms with van der Waals surface area (Å²) in [5.41, 5.74) is 6.36. The van der Waals surface area contributed by atoms with Crippen molar-refractivity contribution in [1.82, 2.24) is 15.8 Å². The summed E-state index contributed by atoms with van der Waals surface area (Å²) in [5.74, 6) is -1.97. The molecule has 0 spiro atoms. The van der Waals surface area contributed by atoms with E-state index in [0.29, 0.717) is 0 Å². The number of nitrogens with zero attached hydrogens (tertiary/aromatic N) is 1. The normalized spacial score (nSPS) is 15.7. The van der Waals surface area contributed by atoms with Gasteiger partial charge in [0.05, 0.1) is 12.5 Å². The van der Waals surface area contributed by atoms with Crippen LogP contribution >= 0.6 is 0 Å². The summed E-state index contributed by atoms with van der Waals surface area (Å²) in [7, 11) is 0. The Bertz CT molecular complexity index is 992. The van der Waals surface area contributed by atoms with Crippen LogP contribution in [0, 0.1) is 5.82 Å². The highest BCUT2D eigenvalue weighted by Gasteiger charge is 2.28. The van der Waals surface area contributed by atoms with Crippen LogP contribution in [0.15, 0.2) is 54.7 Å². The van der Waals surface area contributed by atoms with Gasteiger partial charge in [-0.2, -0.15) is 0 Å². The molecule has 3 amide bonds. The molecule has 3 rings (SSSR count). The fourth-order valence-corrected chi connectivity index (χ4v) is 3.16. The fourth-order valence-electron chi connectivity index (χ4n) is 3.16. The number of para-hydroxylation sites is 1. The molecule has 1 aliphatic heterocycles. The molecule has 30 heavy (non-hydrogen) atoms. The number of carbonyl (C=O) groups excluding carboxylic acids is 3. The first-order chi connectivity index (χ1) is 14.4. The second-order valence-corrected chi connectivity index (χ2v) is 6.82. The zero-order valence-electron chi connectivity index (χ0n) is 16.6. The highest BCUT2D eigenvalue weighted by molar-refractivity contribution is 5.86. The summed E-state index contributed by atoms with van der Waals surface area (Å²) < 4.78 is 18.9. The van der Waals surface area contributed by atoms with Gasteiger partial charge in [-0.1, -0.05) is 36.4 Å². The summed E-state index contributed by atoms with van der Waals surface area (Å²) in [6, 6.07) is 12.7. The Hall–Kier alpha value is -3.68. The van der Waals surface area contributed by atoms with E-state index < -0.39 is 29.8 Å². The van der Waals surface area contributed by atoms with Crippen LogP contribution in [0.3, 0.4) is 0 Å². The predicted octanol–water partition coefficient (Wildman–Crippen LogP) is 2.70. The molecular formula is C22H22FN3O4. The molecule has 0 radical (unpaired) electrons. The first-order valence-electron chi connectivity index (χ1n) is 9.42. The van der Waals surface area contributed by atoms with Crippen LogP contribution in [-0.4, -0.2) is 28.7 Å². The zero-order chi connectivity index (χ0) is 21.7. The van der Waals surface area contributed by atoms with Crippen molar-refractivity contribution in [3.8, 4) is 5.75 Å². The van der Waals surface area contributed by atoms with E-state index in [0.717, 1.165) is 11.1 Å². The maximum atomic E-state index is 13.6. The van der Waals surface area contributed by atoms with Gasteiger partial charge in [-0.3, -0.25) is 25.2 Å². The van der Waals surface area contributed by atoms with Crippen molar-refractivity contribution < 1.29 is 23.5 Å². The van der Waals surface area contributed by atoms with Gasteiger partial charge in [0, 0.05) is 13.1 Å². The SMILES string of the molecule is CC(=O)N1C=Cc2ccccc2[C@@H]1CC(=O)NNC(=O)[C@@H](C)Oc1ccccc1F. The second-order valence-electron chi connectivity index (χ2n) is 6.82. The van der Waals surface area contributed by atoms with Crippen LogP contribution in [-0.2, 0) is 14.4 Å². The molecule has 0 aromatic heterocycles. The molecule has 0 saturated carbocycles. The van der Waals surface area contributed by atoms with E-state index in [1.807, 2.05) is 30.3 Å². The number of hydrazine groups is 1. The van der Waals surface area contributed by atoms with Crippen molar-refractivity contribution in [2.75, 3.05) is 0 Å². The van der Waals surface area contributed by atoms with Crippen molar-refractivity contribution in [1.29, 1.82) is 0 Å². The lowest BCUT2D eigenvalue weighted by molar-refractivity contribution is -0.134. The molecular weight excluding hydrogens is 389 g/mol. The average Bonchev–Trinajstić information content (AvgIpc) is 2.73. The molecule has 2 atom stereocenters. The first kappa shape index (κ1) is 21.0. The summed E-state index contributed by atoms with van der Waals surface area (Å²) in [6.07, 6.45) is 2.37. The van der Waals surface area contributed by atoms with Gasteiger partial charge in [0.1, 0.15) is 0 Å². The van der Waals surface area contributed by atoms with Gasteiger partial charge in [0.15, 0.2) is 17.7 Å². The molecule has 156 valence electrons. The fraction of sp³-hybridized carbons (Fsp3) is 0.227. The van der Waals surface area contributed by atoms with E-state index in [-0.39, 0.29) is 18.1 Å². The molecule has 1 heterocycles. The standard InChI is InChI=1S/C22H22FN3O4/c1-14(30-20-10-6-5-9-18(20)23)22(29)25-24-21(28)13-19-17-8-4-3-7-16(17)11-12-26(19)15(2)27/h3-12,14,19H,13H2,1-2H3,(H,24,28)(H,25,29)/t14-,19+/m1/s1. The smallest absolute Gasteiger partial charge is 0.279 e. The van der Waals surface area contributed by atoms with Crippen LogP contribution in [0.5, 0.6) is 5.75 Å². The lowest BCUT2D eigenvalue weighted by Gasteiger charge is -2.32. The Morgan fingerprint density at radius 1 is 1.10 bits per heavy atom. The van der Waals surface area contributed by atoms with Crippen LogP contribution < -0.4 is 15.6 Å². The Morgan fingerprint density at radius 2 is 1.80 bits per heavy atom. The highest BCUT2D eigenvalue weighted by Crippen LogP contribution is 2.32. The minimum absolute atomic E-state index is 0.0518. The molecule has 2 aromatic carbocycles. The van der Waals surface area contributed by atoms with Gasteiger partial charge in [-0.25, -0.2) is 4.39 Å². The first-order valence-corrected chi connectivity index (χ1v) is 9.42. The Morgan fingerprint density at radius 3 is 2.53 bits per heavy atom. The van der Waals surface area contributed by atoms with E-state index in [9.17, 15) is 18.8 Å². The molecule has 0 unspecified atom stereocenters. The molecule has 2 aromatic rings. The Labute approximate surface area is 173 Å². The van der Waals surface area contributed by atoms with E-state index in [1.165, 1.54) is 36.9 Å². The van der Waals surface area contributed by atoms with Gasteiger partial charge in [0.2, 0.25) is 11.8 Å². The Balaban J connectivity index is 1.59. The highest BCUT2D eigenvalue weighted by atomic mass is 19.1. The number of nitrogens with one attached hydrogen (secondary N) is 2. The van der Waals surface area contributed by atoms with E-state index in [2.05, 4.69) is 10.9 Å². The number of hydrogen-bond acceptors (Lipinski definition) is 4. The number of carbonyl (C=O) groups is 3. The number of ether oxygens (including phenoxy) is 1. The average molecular weight is 411 g/mol. The minimum Gasteiger partial charge on any atom is -0.478 e. The van der Waals surface area contributed by atoms with Crippen molar-refractivity contribution in [2.24, 2.45) is 0 Å².